The second-order valence-corrected chi connectivity index (χ2v) is 4.34. The minimum atomic E-state index is -0.268. The third-order valence-electron chi connectivity index (χ3n) is 2.99. The summed E-state index contributed by atoms with van der Waals surface area (Å²) >= 11 is 0. The van der Waals surface area contributed by atoms with E-state index in [4.69, 9.17) is 9.84 Å². The maximum atomic E-state index is 11.7. The number of nitrogens with one attached hydrogen (secondary N) is 1. The number of esters is 1. The molecule has 18 heavy (non-hydrogen) atoms. The maximum absolute atomic E-state index is 11.7. The van der Waals surface area contributed by atoms with Gasteiger partial charge in [-0.1, -0.05) is 30.3 Å². The van der Waals surface area contributed by atoms with Gasteiger partial charge < -0.3 is 15.2 Å². The number of aliphatic hydroxyl groups excluding tert-OH is 1. The van der Waals surface area contributed by atoms with Gasteiger partial charge in [0.2, 0.25) is 0 Å². The Morgan fingerprint density at radius 2 is 2.11 bits per heavy atom. The van der Waals surface area contributed by atoms with Crippen molar-refractivity contribution in [3.8, 4) is 0 Å². The first-order valence-corrected chi connectivity index (χ1v) is 5.84. The van der Waals surface area contributed by atoms with E-state index in [2.05, 4.69) is 5.32 Å². The predicted octanol–water partition coefficient (Wildman–Crippen LogP) is 1.12. The predicted molar refractivity (Wildman–Crippen MR) is 70.5 cm³/mol. The quantitative estimate of drug-likeness (QED) is 0.806. The highest BCUT2D eigenvalue weighted by Crippen LogP contribution is 2.14. The van der Waals surface area contributed by atoms with Crippen molar-refractivity contribution in [2.45, 2.75) is 19.1 Å². The SMILES string of the molecule is Cl.O=C(OCc1ccccc1)[C@@H]1CC(CO)CN1. The van der Waals surface area contributed by atoms with Crippen LogP contribution in [-0.2, 0) is 16.1 Å². The minimum Gasteiger partial charge on any atom is -0.460 e. The van der Waals surface area contributed by atoms with Gasteiger partial charge in [-0.05, 0) is 17.9 Å². The monoisotopic (exact) mass is 271 g/mol. The van der Waals surface area contributed by atoms with Crippen molar-refractivity contribution in [3.05, 3.63) is 35.9 Å². The minimum absolute atomic E-state index is 0. The summed E-state index contributed by atoms with van der Waals surface area (Å²) in [4.78, 5) is 11.7. The van der Waals surface area contributed by atoms with E-state index in [1.807, 2.05) is 30.3 Å². The number of benzene rings is 1. The van der Waals surface area contributed by atoms with E-state index in [0.29, 0.717) is 19.6 Å². The molecule has 1 aromatic rings. The molecule has 0 spiro atoms. The first kappa shape index (κ1) is 15.0. The number of hydrogen-bond donors (Lipinski definition) is 2. The molecule has 0 bridgehead atoms. The molecule has 1 aliphatic rings. The molecule has 2 rings (SSSR count). The van der Waals surface area contributed by atoms with Gasteiger partial charge in [-0.2, -0.15) is 0 Å². The molecule has 5 heteroatoms. The fourth-order valence-corrected chi connectivity index (χ4v) is 1.96. The van der Waals surface area contributed by atoms with Gasteiger partial charge in [0.15, 0.2) is 0 Å². The van der Waals surface area contributed by atoms with Crippen molar-refractivity contribution < 1.29 is 14.6 Å². The number of aliphatic hydroxyl groups is 1. The lowest BCUT2D eigenvalue weighted by Gasteiger charge is -2.10. The topological polar surface area (TPSA) is 58.6 Å². The largest absolute Gasteiger partial charge is 0.460 e. The Morgan fingerprint density at radius 1 is 1.39 bits per heavy atom. The molecule has 1 fully saturated rings. The zero-order valence-corrected chi connectivity index (χ0v) is 10.9. The molecule has 0 amide bonds. The van der Waals surface area contributed by atoms with Gasteiger partial charge in [0.1, 0.15) is 12.6 Å². The lowest BCUT2D eigenvalue weighted by molar-refractivity contribution is -0.147. The first-order valence-electron chi connectivity index (χ1n) is 5.84. The molecule has 1 aliphatic heterocycles. The molecule has 1 unspecified atom stereocenters. The Balaban J connectivity index is 0.00000162. The van der Waals surface area contributed by atoms with E-state index in [-0.39, 0.29) is 36.9 Å². The number of rotatable bonds is 4. The fraction of sp³-hybridized carbons (Fsp3) is 0.462. The molecule has 2 N–H and O–H groups in total. The highest BCUT2D eigenvalue weighted by atomic mass is 35.5. The van der Waals surface area contributed by atoms with E-state index in [1.54, 1.807) is 0 Å². The van der Waals surface area contributed by atoms with Crippen LogP contribution in [0.2, 0.25) is 0 Å². The zero-order chi connectivity index (χ0) is 12.1. The molecule has 1 heterocycles. The maximum Gasteiger partial charge on any atom is 0.323 e. The van der Waals surface area contributed by atoms with Crippen molar-refractivity contribution in [2.24, 2.45) is 5.92 Å². The average Bonchev–Trinajstić information content (AvgIpc) is 2.86. The van der Waals surface area contributed by atoms with E-state index < -0.39 is 0 Å². The Kier molecular flexibility index (Phi) is 6.12. The van der Waals surface area contributed by atoms with Crippen LogP contribution < -0.4 is 5.32 Å². The van der Waals surface area contributed by atoms with Crippen LogP contribution in [0.4, 0.5) is 0 Å². The third-order valence-corrected chi connectivity index (χ3v) is 2.99. The number of ether oxygens (including phenoxy) is 1. The van der Waals surface area contributed by atoms with Gasteiger partial charge in [0, 0.05) is 13.2 Å². The zero-order valence-electron chi connectivity index (χ0n) is 10.0. The van der Waals surface area contributed by atoms with E-state index in [0.717, 1.165) is 5.56 Å². The Labute approximate surface area is 113 Å². The average molecular weight is 272 g/mol. The second kappa shape index (κ2) is 7.36. The Bertz CT molecular complexity index is 372. The highest BCUT2D eigenvalue weighted by molar-refractivity contribution is 5.85. The van der Waals surface area contributed by atoms with Crippen LogP contribution in [0.1, 0.15) is 12.0 Å². The smallest absolute Gasteiger partial charge is 0.323 e. The third kappa shape index (κ3) is 3.98. The van der Waals surface area contributed by atoms with E-state index >= 15 is 0 Å². The van der Waals surface area contributed by atoms with Gasteiger partial charge in [-0.3, -0.25) is 4.79 Å². The van der Waals surface area contributed by atoms with Crippen LogP contribution in [0, 0.1) is 5.92 Å². The van der Waals surface area contributed by atoms with Crippen LogP contribution in [-0.4, -0.2) is 30.3 Å². The van der Waals surface area contributed by atoms with Crippen LogP contribution in [0.3, 0.4) is 0 Å². The van der Waals surface area contributed by atoms with Gasteiger partial charge >= 0.3 is 5.97 Å². The molecule has 1 aromatic carbocycles. The van der Waals surface area contributed by atoms with Gasteiger partial charge in [-0.15, -0.1) is 12.4 Å². The molecule has 4 nitrogen and oxygen atoms in total. The molecule has 0 radical (unpaired) electrons. The molecule has 0 aliphatic carbocycles. The van der Waals surface area contributed by atoms with Crippen molar-refractivity contribution in [1.29, 1.82) is 0 Å². The summed E-state index contributed by atoms with van der Waals surface area (Å²) in [6.45, 7) is 1.11. The molecule has 1 saturated heterocycles. The van der Waals surface area contributed by atoms with Gasteiger partial charge in [0.25, 0.3) is 0 Å². The number of halogens is 1. The summed E-state index contributed by atoms with van der Waals surface area (Å²) in [5.74, 6) is -0.0610. The van der Waals surface area contributed by atoms with E-state index in [1.165, 1.54) is 0 Å². The summed E-state index contributed by atoms with van der Waals surface area (Å²) < 4.78 is 5.22. The lowest BCUT2D eigenvalue weighted by atomic mass is 10.1. The molecular weight excluding hydrogens is 254 g/mol. The van der Waals surface area contributed by atoms with E-state index in [9.17, 15) is 4.79 Å². The van der Waals surface area contributed by atoms with Gasteiger partial charge in [0.05, 0.1) is 0 Å². The number of hydrogen-bond acceptors (Lipinski definition) is 4. The van der Waals surface area contributed by atoms with Crippen LogP contribution in [0.25, 0.3) is 0 Å². The van der Waals surface area contributed by atoms with Crippen molar-refractivity contribution in [1.82, 2.24) is 5.32 Å². The molecular formula is C13H18ClNO3. The molecule has 0 saturated carbocycles. The standard InChI is InChI=1S/C13H17NO3.ClH/c15-8-11-6-12(14-7-11)13(16)17-9-10-4-2-1-3-5-10;/h1-5,11-12,14-15H,6-9H2;1H/t11?,12-;/m0./s1. The fourth-order valence-electron chi connectivity index (χ4n) is 1.96. The summed E-state index contributed by atoms with van der Waals surface area (Å²) in [5, 5.41) is 12.0. The lowest BCUT2D eigenvalue weighted by Crippen LogP contribution is -2.32. The molecule has 0 aromatic heterocycles. The van der Waals surface area contributed by atoms with Crippen molar-refractivity contribution in [2.75, 3.05) is 13.2 Å². The highest BCUT2D eigenvalue weighted by Gasteiger charge is 2.29. The summed E-state index contributed by atoms with van der Waals surface area (Å²) in [7, 11) is 0. The summed E-state index contributed by atoms with van der Waals surface area (Å²) in [6.07, 6.45) is 0.657. The van der Waals surface area contributed by atoms with Gasteiger partial charge in [-0.25, -0.2) is 0 Å². The van der Waals surface area contributed by atoms with Crippen LogP contribution in [0.5, 0.6) is 0 Å². The van der Waals surface area contributed by atoms with Crippen LogP contribution >= 0.6 is 12.4 Å². The summed E-state index contributed by atoms with van der Waals surface area (Å²) in [5.41, 5.74) is 0.984. The van der Waals surface area contributed by atoms with Crippen LogP contribution in [0.15, 0.2) is 30.3 Å². The van der Waals surface area contributed by atoms with Crippen molar-refractivity contribution >= 4 is 18.4 Å². The second-order valence-electron chi connectivity index (χ2n) is 4.34. The van der Waals surface area contributed by atoms with Crippen molar-refractivity contribution in [3.63, 3.8) is 0 Å². The Morgan fingerprint density at radius 3 is 2.72 bits per heavy atom. The summed E-state index contributed by atoms with van der Waals surface area (Å²) in [6, 6.07) is 9.33. The first-order chi connectivity index (χ1) is 8.29. The number of carbonyl (C=O) groups is 1. The molecule has 2 atom stereocenters. The Hall–Kier alpha value is -1.10. The normalized spacial score (nSPS) is 22.3. The number of carbonyl (C=O) groups excluding carboxylic acids is 1. The molecule has 100 valence electrons.